The second-order valence-corrected chi connectivity index (χ2v) is 5.26. The summed E-state index contributed by atoms with van der Waals surface area (Å²) in [5.41, 5.74) is 1.42. The molecule has 0 heterocycles. The molecule has 1 aromatic carbocycles. The summed E-state index contributed by atoms with van der Waals surface area (Å²) in [5, 5.41) is 12.8. The van der Waals surface area contributed by atoms with E-state index in [-0.39, 0.29) is 18.6 Å². The Morgan fingerprint density at radius 1 is 1.33 bits per heavy atom. The van der Waals surface area contributed by atoms with Gasteiger partial charge in [0.05, 0.1) is 12.2 Å². The number of hydrogen-bond acceptors (Lipinski definition) is 3. The third-order valence-corrected chi connectivity index (χ3v) is 2.96. The summed E-state index contributed by atoms with van der Waals surface area (Å²) in [6.45, 7) is 7.86. The summed E-state index contributed by atoms with van der Waals surface area (Å²) >= 11 is 0. The number of hydrogen-bond donors (Lipinski definition) is 2. The van der Waals surface area contributed by atoms with Crippen molar-refractivity contribution in [3.8, 4) is 5.75 Å². The molecule has 4 nitrogen and oxygen atoms in total. The van der Waals surface area contributed by atoms with Crippen LogP contribution in [0.4, 0.5) is 0 Å². The van der Waals surface area contributed by atoms with Crippen molar-refractivity contribution < 1.29 is 14.6 Å². The average molecular weight is 291 g/mol. The van der Waals surface area contributed by atoms with Gasteiger partial charge in [-0.25, -0.2) is 0 Å². The lowest BCUT2D eigenvalue weighted by Gasteiger charge is -2.14. The monoisotopic (exact) mass is 291 g/mol. The van der Waals surface area contributed by atoms with Gasteiger partial charge < -0.3 is 15.2 Å². The first-order chi connectivity index (χ1) is 9.93. The Hall–Kier alpha value is -1.81. The standard InChI is InChI=1S/C17H25NO3/c1-5-6-13(4)17(20)18-11-16(19)14-7-9-15(10-8-14)21-12(2)3/h6-10,12,16,19H,5,11H2,1-4H3,(H,18,20)/b13-6-. The molecule has 116 valence electrons. The van der Waals surface area contributed by atoms with Gasteiger partial charge in [0.1, 0.15) is 5.75 Å². The maximum atomic E-state index is 11.7. The second-order valence-electron chi connectivity index (χ2n) is 5.26. The number of nitrogens with one attached hydrogen (secondary N) is 1. The molecule has 0 aliphatic rings. The van der Waals surface area contributed by atoms with Crippen LogP contribution < -0.4 is 10.1 Å². The van der Waals surface area contributed by atoms with Crippen molar-refractivity contribution in [1.29, 1.82) is 0 Å². The van der Waals surface area contributed by atoms with E-state index in [0.717, 1.165) is 17.7 Å². The molecule has 1 unspecified atom stereocenters. The van der Waals surface area contributed by atoms with Crippen molar-refractivity contribution in [2.75, 3.05) is 6.54 Å². The van der Waals surface area contributed by atoms with E-state index in [4.69, 9.17) is 4.74 Å². The molecule has 1 atom stereocenters. The van der Waals surface area contributed by atoms with E-state index in [1.54, 1.807) is 6.92 Å². The van der Waals surface area contributed by atoms with Gasteiger partial charge >= 0.3 is 0 Å². The topological polar surface area (TPSA) is 58.6 Å². The highest BCUT2D eigenvalue weighted by Crippen LogP contribution is 2.18. The maximum absolute atomic E-state index is 11.7. The Balaban J connectivity index is 2.54. The number of carbonyl (C=O) groups excluding carboxylic acids is 1. The first-order valence-electron chi connectivity index (χ1n) is 7.33. The van der Waals surface area contributed by atoms with Gasteiger partial charge in [-0.1, -0.05) is 25.1 Å². The molecule has 0 aromatic heterocycles. The maximum Gasteiger partial charge on any atom is 0.246 e. The van der Waals surface area contributed by atoms with Gasteiger partial charge in [-0.15, -0.1) is 0 Å². The molecule has 0 bridgehead atoms. The van der Waals surface area contributed by atoms with Gasteiger partial charge in [0.25, 0.3) is 0 Å². The Bertz CT molecular complexity index is 477. The van der Waals surface area contributed by atoms with E-state index in [2.05, 4.69) is 5.32 Å². The Morgan fingerprint density at radius 3 is 2.48 bits per heavy atom. The SMILES string of the molecule is CC/C=C(/C)C(=O)NCC(O)c1ccc(OC(C)C)cc1. The Morgan fingerprint density at radius 2 is 1.95 bits per heavy atom. The van der Waals surface area contributed by atoms with E-state index in [0.29, 0.717) is 5.57 Å². The highest BCUT2D eigenvalue weighted by atomic mass is 16.5. The van der Waals surface area contributed by atoms with Crippen LogP contribution in [0.3, 0.4) is 0 Å². The zero-order chi connectivity index (χ0) is 15.8. The van der Waals surface area contributed by atoms with Gasteiger partial charge in [0.15, 0.2) is 0 Å². The number of aliphatic hydroxyl groups excluding tert-OH is 1. The molecule has 1 rings (SSSR count). The molecule has 4 heteroatoms. The zero-order valence-electron chi connectivity index (χ0n) is 13.2. The van der Waals surface area contributed by atoms with Crippen LogP contribution in [0.15, 0.2) is 35.9 Å². The molecule has 0 radical (unpaired) electrons. The molecule has 0 spiro atoms. The van der Waals surface area contributed by atoms with Crippen molar-refractivity contribution in [2.24, 2.45) is 0 Å². The van der Waals surface area contributed by atoms with Gasteiger partial charge in [-0.3, -0.25) is 4.79 Å². The predicted octanol–water partition coefficient (Wildman–Crippen LogP) is 2.98. The first-order valence-corrected chi connectivity index (χ1v) is 7.33. The van der Waals surface area contributed by atoms with E-state index in [1.165, 1.54) is 0 Å². The van der Waals surface area contributed by atoms with Crippen LogP contribution in [0, 0.1) is 0 Å². The fourth-order valence-electron chi connectivity index (χ4n) is 1.89. The molecule has 0 saturated carbocycles. The lowest BCUT2D eigenvalue weighted by atomic mass is 10.1. The van der Waals surface area contributed by atoms with Crippen molar-refractivity contribution >= 4 is 5.91 Å². The van der Waals surface area contributed by atoms with E-state index in [1.807, 2.05) is 51.1 Å². The first kappa shape index (κ1) is 17.2. The number of rotatable bonds is 7. The van der Waals surface area contributed by atoms with E-state index < -0.39 is 6.10 Å². The largest absolute Gasteiger partial charge is 0.491 e. The van der Waals surface area contributed by atoms with Gasteiger partial charge in [0, 0.05) is 12.1 Å². The molecule has 0 saturated heterocycles. The average Bonchev–Trinajstić information content (AvgIpc) is 2.44. The summed E-state index contributed by atoms with van der Waals surface area (Å²) in [6, 6.07) is 7.26. The summed E-state index contributed by atoms with van der Waals surface area (Å²) in [7, 11) is 0. The lowest BCUT2D eigenvalue weighted by Crippen LogP contribution is -2.28. The highest BCUT2D eigenvalue weighted by molar-refractivity contribution is 5.92. The number of amides is 1. The number of allylic oxidation sites excluding steroid dienone is 1. The second kappa shape index (κ2) is 8.47. The molecular formula is C17H25NO3. The van der Waals surface area contributed by atoms with Gasteiger partial charge in [-0.2, -0.15) is 0 Å². The molecule has 0 aliphatic carbocycles. The Labute approximate surface area is 126 Å². The fraction of sp³-hybridized carbons (Fsp3) is 0.471. The van der Waals surface area contributed by atoms with Crippen LogP contribution in [0.2, 0.25) is 0 Å². The van der Waals surface area contributed by atoms with Crippen LogP contribution in [0.25, 0.3) is 0 Å². The predicted molar refractivity (Wildman–Crippen MR) is 84.2 cm³/mol. The fourth-order valence-corrected chi connectivity index (χ4v) is 1.89. The van der Waals surface area contributed by atoms with Crippen LogP contribution in [-0.2, 0) is 4.79 Å². The number of benzene rings is 1. The van der Waals surface area contributed by atoms with Gasteiger partial charge in [0.2, 0.25) is 5.91 Å². The highest BCUT2D eigenvalue weighted by Gasteiger charge is 2.10. The number of carbonyl (C=O) groups is 1. The van der Waals surface area contributed by atoms with Crippen LogP contribution in [0.1, 0.15) is 45.8 Å². The Kier molecular flexibility index (Phi) is 6.96. The molecule has 21 heavy (non-hydrogen) atoms. The smallest absolute Gasteiger partial charge is 0.246 e. The van der Waals surface area contributed by atoms with Crippen LogP contribution in [0.5, 0.6) is 5.75 Å². The summed E-state index contributed by atoms with van der Waals surface area (Å²) in [4.78, 5) is 11.7. The van der Waals surface area contributed by atoms with Crippen molar-refractivity contribution in [3.05, 3.63) is 41.5 Å². The minimum atomic E-state index is -0.725. The van der Waals surface area contributed by atoms with Crippen molar-refractivity contribution in [2.45, 2.75) is 46.3 Å². The lowest BCUT2D eigenvalue weighted by molar-refractivity contribution is -0.117. The van der Waals surface area contributed by atoms with Crippen molar-refractivity contribution in [1.82, 2.24) is 5.32 Å². The van der Waals surface area contributed by atoms with Crippen LogP contribution in [-0.4, -0.2) is 23.7 Å². The van der Waals surface area contributed by atoms with Crippen LogP contribution >= 0.6 is 0 Å². The quantitative estimate of drug-likeness (QED) is 0.759. The van der Waals surface area contributed by atoms with Crippen molar-refractivity contribution in [3.63, 3.8) is 0 Å². The van der Waals surface area contributed by atoms with E-state index >= 15 is 0 Å². The minimum absolute atomic E-state index is 0.119. The molecule has 0 aliphatic heterocycles. The third-order valence-electron chi connectivity index (χ3n) is 2.96. The molecule has 0 fully saturated rings. The van der Waals surface area contributed by atoms with E-state index in [9.17, 15) is 9.90 Å². The summed E-state index contributed by atoms with van der Waals surface area (Å²) in [5.74, 6) is 0.627. The third kappa shape index (κ3) is 6.00. The number of ether oxygens (including phenoxy) is 1. The minimum Gasteiger partial charge on any atom is -0.491 e. The van der Waals surface area contributed by atoms with Gasteiger partial charge in [-0.05, 0) is 44.9 Å². The molecule has 1 amide bonds. The summed E-state index contributed by atoms with van der Waals surface area (Å²) in [6.07, 6.45) is 2.07. The summed E-state index contributed by atoms with van der Waals surface area (Å²) < 4.78 is 5.55. The molecular weight excluding hydrogens is 266 g/mol. The zero-order valence-corrected chi connectivity index (χ0v) is 13.2. The number of aliphatic hydroxyl groups is 1. The normalized spacial score (nSPS) is 13.1. The molecule has 2 N–H and O–H groups in total. The molecule has 1 aromatic rings.